The van der Waals surface area contributed by atoms with Crippen molar-refractivity contribution in [2.75, 3.05) is 12.4 Å². The third-order valence-electron chi connectivity index (χ3n) is 4.45. The molecule has 0 radical (unpaired) electrons. The topological polar surface area (TPSA) is 81.9 Å². The Labute approximate surface area is 176 Å². The zero-order valence-corrected chi connectivity index (χ0v) is 17.2. The Bertz CT molecular complexity index is 1280. The molecule has 2 aromatic heterocycles. The van der Waals surface area contributed by atoms with Gasteiger partial charge in [0.25, 0.3) is 11.5 Å². The summed E-state index contributed by atoms with van der Waals surface area (Å²) in [7, 11) is 1.55. The lowest BCUT2D eigenvalue weighted by Crippen LogP contribution is -2.15. The van der Waals surface area contributed by atoms with Crippen LogP contribution in [0.4, 0.5) is 5.69 Å². The molecule has 0 atom stereocenters. The smallest absolute Gasteiger partial charge is 0.258 e. The number of rotatable bonds is 6. The van der Waals surface area contributed by atoms with Crippen molar-refractivity contribution in [1.29, 1.82) is 0 Å². The number of benzene rings is 2. The molecular formula is C22H19N3O4S. The number of nitrogens with zero attached hydrogens (tertiary/aromatic N) is 2. The lowest BCUT2D eigenvalue weighted by molar-refractivity contribution is 0.102. The van der Waals surface area contributed by atoms with Gasteiger partial charge in [0.2, 0.25) is 0 Å². The maximum atomic E-state index is 12.7. The third-order valence-corrected chi connectivity index (χ3v) is 5.21. The molecule has 1 amide bonds. The van der Waals surface area contributed by atoms with E-state index in [0.717, 1.165) is 5.56 Å². The molecule has 4 aromatic rings. The fraction of sp³-hybridized carbons (Fsp3) is 0.136. The summed E-state index contributed by atoms with van der Waals surface area (Å²) >= 11 is 1.38. The number of carbonyl (C=O) groups excluding carboxylic acids is 1. The number of methoxy groups -OCH3 is 1. The summed E-state index contributed by atoms with van der Waals surface area (Å²) in [5, 5.41) is 4.68. The maximum absolute atomic E-state index is 12.7. The Kier molecular flexibility index (Phi) is 5.49. The van der Waals surface area contributed by atoms with Crippen LogP contribution >= 0.6 is 11.3 Å². The molecular weight excluding hydrogens is 402 g/mol. The van der Waals surface area contributed by atoms with Crippen LogP contribution in [0.5, 0.6) is 11.5 Å². The van der Waals surface area contributed by atoms with Crippen LogP contribution in [0.25, 0.3) is 4.96 Å². The van der Waals surface area contributed by atoms with Crippen molar-refractivity contribution < 1.29 is 14.3 Å². The van der Waals surface area contributed by atoms with Crippen molar-refractivity contribution in [3.63, 3.8) is 0 Å². The van der Waals surface area contributed by atoms with Gasteiger partial charge in [0.05, 0.1) is 18.5 Å². The van der Waals surface area contributed by atoms with Crippen LogP contribution in [0.15, 0.2) is 64.9 Å². The minimum absolute atomic E-state index is 0.106. The van der Waals surface area contributed by atoms with Crippen LogP contribution in [-0.2, 0) is 6.61 Å². The molecule has 0 aliphatic rings. The quantitative estimate of drug-likeness (QED) is 0.511. The van der Waals surface area contributed by atoms with Crippen LogP contribution < -0.4 is 20.3 Å². The lowest BCUT2D eigenvalue weighted by Gasteiger charge is -2.13. The summed E-state index contributed by atoms with van der Waals surface area (Å²) in [6, 6.07) is 13.9. The highest BCUT2D eigenvalue weighted by molar-refractivity contribution is 7.15. The number of carbonyl (C=O) groups is 1. The van der Waals surface area contributed by atoms with Crippen molar-refractivity contribution in [2.24, 2.45) is 0 Å². The molecule has 2 aromatic carbocycles. The molecule has 8 heteroatoms. The number of amides is 1. The van der Waals surface area contributed by atoms with Gasteiger partial charge in [0, 0.05) is 23.2 Å². The number of nitrogens with one attached hydrogen (secondary N) is 1. The number of anilines is 1. The molecule has 152 valence electrons. The van der Waals surface area contributed by atoms with Gasteiger partial charge in [-0.05, 0) is 42.8 Å². The zero-order valence-electron chi connectivity index (χ0n) is 16.4. The number of hydrogen-bond acceptors (Lipinski definition) is 6. The second-order valence-corrected chi connectivity index (χ2v) is 7.49. The first-order valence-electron chi connectivity index (χ1n) is 9.18. The molecule has 0 aliphatic carbocycles. The molecule has 4 rings (SSSR count). The summed E-state index contributed by atoms with van der Waals surface area (Å²) in [6.07, 6.45) is 1.69. The summed E-state index contributed by atoms with van der Waals surface area (Å²) in [5.74, 6) is 0.822. The minimum Gasteiger partial charge on any atom is -0.497 e. The van der Waals surface area contributed by atoms with Gasteiger partial charge >= 0.3 is 0 Å². The van der Waals surface area contributed by atoms with Gasteiger partial charge in [-0.25, -0.2) is 4.98 Å². The monoisotopic (exact) mass is 421 g/mol. The summed E-state index contributed by atoms with van der Waals surface area (Å²) < 4.78 is 12.6. The summed E-state index contributed by atoms with van der Waals surface area (Å²) in [5.41, 5.74) is 2.34. The molecule has 0 spiro atoms. The highest BCUT2D eigenvalue weighted by Crippen LogP contribution is 2.27. The van der Waals surface area contributed by atoms with E-state index in [1.165, 1.54) is 21.8 Å². The van der Waals surface area contributed by atoms with E-state index in [1.807, 2.05) is 19.1 Å². The second-order valence-electron chi connectivity index (χ2n) is 6.62. The first kappa shape index (κ1) is 19.7. The van der Waals surface area contributed by atoms with Gasteiger partial charge in [0.1, 0.15) is 18.1 Å². The second kappa shape index (κ2) is 8.38. The van der Waals surface area contributed by atoms with E-state index in [2.05, 4.69) is 10.3 Å². The van der Waals surface area contributed by atoms with E-state index in [4.69, 9.17) is 9.47 Å². The van der Waals surface area contributed by atoms with Gasteiger partial charge in [-0.1, -0.05) is 12.1 Å². The Morgan fingerprint density at radius 3 is 2.90 bits per heavy atom. The predicted molar refractivity (Wildman–Crippen MR) is 116 cm³/mol. The molecule has 30 heavy (non-hydrogen) atoms. The maximum Gasteiger partial charge on any atom is 0.258 e. The lowest BCUT2D eigenvalue weighted by atomic mass is 10.1. The van der Waals surface area contributed by atoms with Gasteiger partial charge in [0.15, 0.2) is 4.96 Å². The molecule has 0 bridgehead atoms. The van der Waals surface area contributed by atoms with Crippen molar-refractivity contribution >= 4 is 27.9 Å². The largest absolute Gasteiger partial charge is 0.497 e. The highest BCUT2D eigenvalue weighted by Gasteiger charge is 2.12. The first-order valence-corrected chi connectivity index (χ1v) is 10.1. The molecule has 0 unspecified atom stereocenters. The normalized spacial score (nSPS) is 10.7. The van der Waals surface area contributed by atoms with Crippen molar-refractivity contribution in [2.45, 2.75) is 13.5 Å². The van der Waals surface area contributed by atoms with E-state index in [0.29, 0.717) is 33.4 Å². The van der Waals surface area contributed by atoms with Crippen molar-refractivity contribution in [3.8, 4) is 11.5 Å². The van der Waals surface area contributed by atoms with Gasteiger partial charge in [-0.15, -0.1) is 11.3 Å². The number of ether oxygens (including phenoxy) is 2. The molecule has 2 heterocycles. The summed E-state index contributed by atoms with van der Waals surface area (Å²) in [6.45, 7) is 2.04. The number of hydrogen-bond donors (Lipinski definition) is 1. The molecule has 7 nitrogen and oxygen atoms in total. The fourth-order valence-corrected chi connectivity index (χ4v) is 3.66. The zero-order chi connectivity index (χ0) is 21.1. The molecule has 0 aliphatic heterocycles. The van der Waals surface area contributed by atoms with E-state index >= 15 is 0 Å². The number of aromatic nitrogens is 2. The minimum atomic E-state index is -0.279. The van der Waals surface area contributed by atoms with E-state index in [9.17, 15) is 9.59 Å². The van der Waals surface area contributed by atoms with Crippen LogP contribution in [0.1, 0.15) is 21.6 Å². The van der Waals surface area contributed by atoms with Crippen LogP contribution in [0.2, 0.25) is 0 Å². The van der Waals surface area contributed by atoms with Crippen LogP contribution in [-0.4, -0.2) is 22.4 Å². The Morgan fingerprint density at radius 2 is 2.07 bits per heavy atom. The number of fused-ring (bicyclic) bond motifs is 1. The third kappa shape index (κ3) is 4.18. The van der Waals surface area contributed by atoms with Gasteiger partial charge in [-0.3, -0.25) is 14.0 Å². The van der Waals surface area contributed by atoms with Crippen LogP contribution in [0, 0.1) is 6.92 Å². The number of aryl methyl sites for hydroxylation is 1. The summed E-state index contributed by atoms with van der Waals surface area (Å²) in [4.78, 5) is 29.9. The van der Waals surface area contributed by atoms with E-state index < -0.39 is 0 Å². The first-order chi connectivity index (χ1) is 14.5. The van der Waals surface area contributed by atoms with E-state index in [-0.39, 0.29) is 18.1 Å². The highest BCUT2D eigenvalue weighted by atomic mass is 32.1. The molecule has 0 saturated heterocycles. The molecule has 1 N–H and O–H groups in total. The average molecular weight is 421 g/mol. The number of thiazole rings is 1. The van der Waals surface area contributed by atoms with E-state index in [1.54, 1.807) is 49.0 Å². The Hall–Kier alpha value is -3.65. The van der Waals surface area contributed by atoms with Crippen LogP contribution in [0.3, 0.4) is 0 Å². The van der Waals surface area contributed by atoms with Gasteiger partial charge in [-0.2, -0.15) is 0 Å². The van der Waals surface area contributed by atoms with Gasteiger partial charge < -0.3 is 14.8 Å². The molecule has 0 fully saturated rings. The SMILES string of the molecule is COc1cccc(C(=O)Nc2ccc(C)cc2OCc2cc(=O)n3ccsc3n2)c1. The Balaban J connectivity index is 1.55. The fourth-order valence-electron chi connectivity index (χ4n) is 2.92. The Morgan fingerprint density at radius 1 is 1.20 bits per heavy atom. The van der Waals surface area contributed by atoms with Crippen molar-refractivity contribution in [1.82, 2.24) is 9.38 Å². The molecule has 0 saturated carbocycles. The predicted octanol–water partition coefficient (Wildman–Crippen LogP) is 3.90. The van der Waals surface area contributed by atoms with Crippen molar-refractivity contribution in [3.05, 3.63) is 87.3 Å². The average Bonchev–Trinajstić information content (AvgIpc) is 3.23. The standard InChI is InChI=1S/C22H19N3O4S/c1-14-6-7-18(24-21(27)15-4-3-5-17(11-15)28-2)19(10-14)29-13-16-12-20(26)25-8-9-30-22(25)23-16/h3-12H,13H2,1-2H3,(H,24,27).